The highest BCUT2D eigenvalue weighted by molar-refractivity contribution is 5.92. The van der Waals surface area contributed by atoms with Gasteiger partial charge < -0.3 is 9.47 Å². The number of benzene rings is 2. The van der Waals surface area contributed by atoms with Crippen molar-refractivity contribution in [2.75, 3.05) is 12.0 Å². The molecule has 1 aliphatic heterocycles. The highest BCUT2D eigenvalue weighted by Crippen LogP contribution is 2.34. The molecule has 4 heteroatoms. The smallest absolute Gasteiger partial charge is 0.420 e. The van der Waals surface area contributed by atoms with Gasteiger partial charge in [-0.05, 0) is 18.2 Å². The van der Waals surface area contributed by atoms with E-state index in [0.717, 1.165) is 5.56 Å². The van der Waals surface area contributed by atoms with Gasteiger partial charge in [0.1, 0.15) is 11.5 Å². The number of amides is 1. The van der Waals surface area contributed by atoms with Gasteiger partial charge in [0.25, 0.3) is 0 Å². The van der Waals surface area contributed by atoms with Crippen molar-refractivity contribution in [2.45, 2.75) is 6.54 Å². The molecule has 3 rings (SSSR count). The topological polar surface area (TPSA) is 38.8 Å². The minimum Gasteiger partial charge on any atom is -0.495 e. The van der Waals surface area contributed by atoms with Crippen LogP contribution in [0.25, 0.3) is 0 Å². The number of para-hydroxylation sites is 3. The van der Waals surface area contributed by atoms with Gasteiger partial charge in [-0.1, -0.05) is 30.3 Å². The van der Waals surface area contributed by atoms with E-state index in [0.29, 0.717) is 23.7 Å². The number of rotatable bonds is 2. The summed E-state index contributed by atoms with van der Waals surface area (Å²) in [5.74, 6) is 1.28. The van der Waals surface area contributed by atoms with Gasteiger partial charge in [0.2, 0.25) is 0 Å². The van der Waals surface area contributed by atoms with Crippen LogP contribution in [0.4, 0.5) is 10.5 Å². The van der Waals surface area contributed by atoms with E-state index < -0.39 is 0 Å². The molecule has 96 valence electrons. The van der Waals surface area contributed by atoms with E-state index in [1.54, 1.807) is 18.1 Å². The zero-order valence-corrected chi connectivity index (χ0v) is 10.5. The Labute approximate surface area is 111 Å². The third-order valence-corrected chi connectivity index (χ3v) is 3.09. The van der Waals surface area contributed by atoms with Crippen LogP contribution in [0.2, 0.25) is 0 Å². The van der Waals surface area contributed by atoms with Crippen molar-refractivity contribution in [3.05, 3.63) is 54.1 Å². The number of anilines is 1. The second-order valence-corrected chi connectivity index (χ2v) is 4.23. The Balaban J connectivity index is 2.01. The molecule has 0 fully saturated rings. The number of carbonyl (C=O) groups is 1. The number of hydrogen-bond donors (Lipinski definition) is 0. The number of methoxy groups -OCH3 is 1. The van der Waals surface area contributed by atoms with E-state index in [1.165, 1.54) is 0 Å². The van der Waals surface area contributed by atoms with E-state index >= 15 is 0 Å². The lowest BCUT2D eigenvalue weighted by atomic mass is 10.1. The first-order chi connectivity index (χ1) is 9.29. The van der Waals surface area contributed by atoms with Crippen molar-refractivity contribution >= 4 is 11.8 Å². The summed E-state index contributed by atoms with van der Waals surface area (Å²) in [7, 11) is 1.59. The largest absolute Gasteiger partial charge is 0.495 e. The van der Waals surface area contributed by atoms with E-state index in [9.17, 15) is 4.79 Å². The molecule has 2 aromatic rings. The molecule has 2 aromatic carbocycles. The average Bonchev–Trinajstić information content (AvgIpc) is 2.46. The fourth-order valence-corrected chi connectivity index (χ4v) is 2.15. The molecule has 0 unspecified atom stereocenters. The third kappa shape index (κ3) is 2.01. The van der Waals surface area contributed by atoms with Crippen LogP contribution in [0.1, 0.15) is 5.56 Å². The Morgan fingerprint density at radius 2 is 1.84 bits per heavy atom. The van der Waals surface area contributed by atoms with Crippen LogP contribution in [0.15, 0.2) is 48.5 Å². The molecule has 0 saturated carbocycles. The lowest BCUT2D eigenvalue weighted by Gasteiger charge is -2.28. The van der Waals surface area contributed by atoms with Gasteiger partial charge in [0.05, 0.1) is 19.3 Å². The molecule has 0 aliphatic carbocycles. The van der Waals surface area contributed by atoms with E-state index in [4.69, 9.17) is 9.47 Å². The van der Waals surface area contributed by atoms with Crippen LogP contribution in [-0.4, -0.2) is 13.2 Å². The first kappa shape index (κ1) is 11.6. The van der Waals surface area contributed by atoms with Crippen LogP contribution in [0.5, 0.6) is 11.5 Å². The van der Waals surface area contributed by atoms with Gasteiger partial charge in [-0.15, -0.1) is 0 Å². The van der Waals surface area contributed by atoms with Gasteiger partial charge >= 0.3 is 6.09 Å². The number of fused-ring (bicyclic) bond motifs is 1. The van der Waals surface area contributed by atoms with Crippen LogP contribution < -0.4 is 14.4 Å². The Hall–Kier alpha value is -2.49. The molecule has 4 nitrogen and oxygen atoms in total. The van der Waals surface area contributed by atoms with Crippen molar-refractivity contribution in [1.29, 1.82) is 0 Å². The molecule has 0 spiro atoms. The quantitative estimate of drug-likeness (QED) is 0.827. The predicted octanol–water partition coefficient (Wildman–Crippen LogP) is 3.21. The summed E-state index contributed by atoms with van der Waals surface area (Å²) in [5, 5.41) is 0. The minimum absolute atomic E-state index is 0.386. The molecule has 1 heterocycles. The summed E-state index contributed by atoms with van der Waals surface area (Å²) in [4.78, 5) is 13.6. The summed E-state index contributed by atoms with van der Waals surface area (Å²) in [6, 6.07) is 14.9. The summed E-state index contributed by atoms with van der Waals surface area (Å²) < 4.78 is 10.6. The van der Waals surface area contributed by atoms with Gasteiger partial charge in [-0.25, -0.2) is 4.79 Å². The molecule has 0 aromatic heterocycles. The van der Waals surface area contributed by atoms with Crippen LogP contribution in [0, 0.1) is 0 Å². The highest BCUT2D eigenvalue weighted by atomic mass is 16.6. The third-order valence-electron chi connectivity index (χ3n) is 3.09. The molecule has 0 N–H and O–H groups in total. The Bertz CT molecular complexity index is 624. The molecular weight excluding hydrogens is 242 g/mol. The fourth-order valence-electron chi connectivity index (χ4n) is 2.15. The molecule has 0 saturated heterocycles. The highest BCUT2D eigenvalue weighted by Gasteiger charge is 2.27. The van der Waals surface area contributed by atoms with Crippen molar-refractivity contribution < 1.29 is 14.3 Å². The zero-order valence-electron chi connectivity index (χ0n) is 10.5. The number of carbonyl (C=O) groups excluding carboxylic acids is 1. The Morgan fingerprint density at radius 1 is 1.11 bits per heavy atom. The van der Waals surface area contributed by atoms with Gasteiger partial charge in [0.15, 0.2) is 0 Å². The lowest BCUT2D eigenvalue weighted by Crippen LogP contribution is -2.37. The van der Waals surface area contributed by atoms with E-state index in [2.05, 4.69) is 0 Å². The summed E-state index contributed by atoms with van der Waals surface area (Å²) >= 11 is 0. The number of nitrogens with zero attached hydrogens (tertiary/aromatic N) is 1. The zero-order chi connectivity index (χ0) is 13.2. The first-order valence-electron chi connectivity index (χ1n) is 6.00. The predicted molar refractivity (Wildman–Crippen MR) is 71.6 cm³/mol. The molecule has 1 amide bonds. The Morgan fingerprint density at radius 3 is 2.68 bits per heavy atom. The maximum atomic E-state index is 12.1. The molecule has 0 radical (unpaired) electrons. The normalized spacial score (nSPS) is 13.7. The maximum Gasteiger partial charge on any atom is 0.420 e. The lowest BCUT2D eigenvalue weighted by molar-refractivity contribution is 0.202. The molecule has 0 atom stereocenters. The Kier molecular flexibility index (Phi) is 2.83. The molecule has 1 aliphatic rings. The van der Waals surface area contributed by atoms with Crippen molar-refractivity contribution in [2.24, 2.45) is 0 Å². The minimum atomic E-state index is -0.386. The average molecular weight is 255 g/mol. The summed E-state index contributed by atoms with van der Waals surface area (Å²) in [5.41, 5.74) is 1.69. The van der Waals surface area contributed by atoms with Crippen LogP contribution in [-0.2, 0) is 6.54 Å². The molecule has 0 bridgehead atoms. The first-order valence-corrected chi connectivity index (χ1v) is 6.00. The number of ether oxygens (including phenoxy) is 2. The monoisotopic (exact) mass is 255 g/mol. The SMILES string of the molecule is COc1ccccc1N1Cc2ccccc2OC1=O. The van der Waals surface area contributed by atoms with Crippen molar-refractivity contribution in [1.82, 2.24) is 0 Å². The van der Waals surface area contributed by atoms with Gasteiger partial charge in [0, 0.05) is 5.56 Å². The molecule has 19 heavy (non-hydrogen) atoms. The number of hydrogen-bond acceptors (Lipinski definition) is 3. The van der Waals surface area contributed by atoms with Gasteiger partial charge in [-0.3, -0.25) is 4.90 Å². The van der Waals surface area contributed by atoms with Crippen LogP contribution >= 0.6 is 0 Å². The second kappa shape index (κ2) is 4.65. The van der Waals surface area contributed by atoms with Gasteiger partial charge in [-0.2, -0.15) is 0 Å². The van der Waals surface area contributed by atoms with Crippen molar-refractivity contribution in [3.8, 4) is 11.5 Å². The van der Waals surface area contributed by atoms with Crippen LogP contribution in [0.3, 0.4) is 0 Å². The van der Waals surface area contributed by atoms with E-state index in [-0.39, 0.29) is 6.09 Å². The van der Waals surface area contributed by atoms with E-state index in [1.807, 2.05) is 42.5 Å². The maximum absolute atomic E-state index is 12.1. The standard InChI is InChI=1S/C15H13NO3/c1-18-14-9-5-3-7-12(14)16-10-11-6-2-4-8-13(11)19-15(16)17/h2-9H,10H2,1H3. The fraction of sp³-hybridized carbons (Fsp3) is 0.133. The second-order valence-electron chi connectivity index (χ2n) is 4.23. The summed E-state index contributed by atoms with van der Waals surface area (Å²) in [6.45, 7) is 0.482. The van der Waals surface area contributed by atoms with Crippen molar-refractivity contribution in [3.63, 3.8) is 0 Å². The molecular formula is C15H13NO3. The summed E-state index contributed by atoms with van der Waals surface area (Å²) in [6.07, 6.45) is -0.386.